The van der Waals surface area contributed by atoms with Gasteiger partial charge in [-0.3, -0.25) is 14.4 Å². The van der Waals surface area contributed by atoms with Gasteiger partial charge < -0.3 is 70.3 Å². The molecule has 18 heteroatoms. The van der Waals surface area contributed by atoms with E-state index in [-0.39, 0.29) is 44.2 Å². The van der Waals surface area contributed by atoms with Crippen molar-refractivity contribution in [1.29, 1.82) is 0 Å². The molecule has 4 aliphatic rings. The van der Waals surface area contributed by atoms with E-state index in [0.29, 0.717) is 6.42 Å². The Balaban J connectivity index is 1.65. The summed E-state index contributed by atoms with van der Waals surface area (Å²) in [6, 6.07) is -1.31. The van der Waals surface area contributed by atoms with Gasteiger partial charge in [0.05, 0.1) is 24.9 Å². The van der Waals surface area contributed by atoms with E-state index in [2.05, 4.69) is 16.0 Å². The molecule has 2 aliphatic carbocycles. The number of terminal acetylenes is 1. The van der Waals surface area contributed by atoms with Crippen LogP contribution in [0.15, 0.2) is 0 Å². The van der Waals surface area contributed by atoms with Crippen LogP contribution in [-0.4, -0.2) is 154 Å². The van der Waals surface area contributed by atoms with Crippen LogP contribution in [0.25, 0.3) is 0 Å². The van der Waals surface area contributed by atoms with Crippen molar-refractivity contribution in [2.24, 2.45) is 17.8 Å². The van der Waals surface area contributed by atoms with E-state index in [1.807, 2.05) is 12.8 Å². The fourth-order valence-corrected chi connectivity index (χ4v) is 8.13. The van der Waals surface area contributed by atoms with Gasteiger partial charge >= 0.3 is 5.97 Å². The zero-order valence-corrected chi connectivity index (χ0v) is 31.7. The van der Waals surface area contributed by atoms with Gasteiger partial charge in [0.1, 0.15) is 42.7 Å². The van der Waals surface area contributed by atoms with E-state index < -0.39 is 116 Å². The molecular weight excluding hydrogens is 726 g/mol. The number of rotatable bonds is 16. The van der Waals surface area contributed by atoms with Gasteiger partial charge in [-0.15, -0.1) is 6.42 Å². The Bertz CT molecular complexity index is 1330. The summed E-state index contributed by atoms with van der Waals surface area (Å²) in [4.78, 5) is 50.1. The normalized spacial score (nSPS) is 37.6. The molecule has 4 rings (SSSR count). The molecule has 0 aromatic rings. The Morgan fingerprint density at radius 1 is 0.891 bits per heavy atom. The number of aliphatic carboxylic acids is 1. The van der Waals surface area contributed by atoms with Gasteiger partial charge in [0.15, 0.2) is 18.7 Å². The number of hydrogen-bond donors (Lipinski definition) is 9. The molecule has 9 unspecified atom stereocenters. The van der Waals surface area contributed by atoms with Crippen molar-refractivity contribution in [2.75, 3.05) is 19.7 Å². The number of carbonyl (C=O) groups is 4. The summed E-state index contributed by atoms with van der Waals surface area (Å²) in [6.45, 7) is 3.99. The van der Waals surface area contributed by atoms with Gasteiger partial charge in [-0.1, -0.05) is 45.4 Å². The lowest BCUT2D eigenvalue weighted by Crippen LogP contribution is -2.67. The maximum Gasteiger partial charge on any atom is 0.332 e. The largest absolute Gasteiger partial charge is 0.479 e. The third-order valence-corrected chi connectivity index (χ3v) is 11.2. The number of amides is 3. The van der Waals surface area contributed by atoms with Gasteiger partial charge in [0.25, 0.3) is 5.91 Å². The van der Waals surface area contributed by atoms with Crippen LogP contribution in [-0.2, 0) is 42.9 Å². The molecule has 0 spiro atoms. The number of carboxylic acids is 1. The van der Waals surface area contributed by atoms with Crippen molar-refractivity contribution in [2.45, 2.75) is 158 Å². The summed E-state index contributed by atoms with van der Waals surface area (Å²) >= 11 is 0. The van der Waals surface area contributed by atoms with E-state index in [1.54, 1.807) is 0 Å². The van der Waals surface area contributed by atoms with Crippen LogP contribution in [0.4, 0.5) is 0 Å². The van der Waals surface area contributed by atoms with Crippen molar-refractivity contribution in [3.63, 3.8) is 0 Å². The molecule has 9 N–H and O–H groups in total. The summed E-state index contributed by atoms with van der Waals surface area (Å²) in [7, 11) is 0. The van der Waals surface area contributed by atoms with Crippen molar-refractivity contribution in [3.8, 4) is 12.3 Å². The summed E-state index contributed by atoms with van der Waals surface area (Å²) < 4.78 is 30.8. The van der Waals surface area contributed by atoms with Crippen LogP contribution in [0, 0.1) is 30.1 Å². The summed E-state index contributed by atoms with van der Waals surface area (Å²) in [5.74, 6) is -1.97. The Hall–Kier alpha value is -2.96. The maximum atomic E-state index is 13.5. The number of carbonyl (C=O) groups excluding carboxylic acids is 3. The summed E-state index contributed by atoms with van der Waals surface area (Å²) in [5, 5.41) is 71.5. The number of nitrogens with one attached hydrogen (secondary N) is 3. The molecule has 15 atom stereocenters. The molecule has 0 bridgehead atoms. The average molecular weight is 786 g/mol. The Labute approximate surface area is 320 Å². The monoisotopic (exact) mass is 785 g/mol. The van der Waals surface area contributed by atoms with Crippen LogP contribution in [0.1, 0.15) is 78.6 Å². The number of aliphatic hydroxyl groups is 5. The highest BCUT2D eigenvalue weighted by Crippen LogP contribution is 2.40. The van der Waals surface area contributed by atoms with Crippen LogP contribution in [0.2, 0.25) is 0 Å². The van der Waals surface area contributed by atoms with E-state index in [0.717, 1.165) is 32.1 Å². The molecule has 18 nitrogen and oxygen atoms in total. The molecule has 2 saturated carbocycles. The lowest BCUT2D eigenvalue weighted by atomic mass is 9.75. The Kier molecular flexibility index (Phi) is 17.1. The maximum absolute atomic E-state index is 13.5. The van der Waals surface area contributed by atoms with Crippen LogP contribution in [0.5, 0.6) is 0 Å². The van der Waals surface area contributed by atoms with E-state index in [9.17, 15) is 49.8 Å². The molecular formula is C37H59N3O15. The van der Waals surface area contributed by atoms with Crippen molar-refractivity contribution >= 4 is 23.7 Å². The predicted molar refractivity (Wildman–Crippen MR) is 190 cm³/mol. The average Bonchev–Trinajstić information content (AvgIpc) is 3.16. The SMILES string of the molecule is C#CC(=O)NCCNC(=O)C1CC(CC)C(O[C@@H]2OC(C)[C@@H](O)C(O)C2O)[C@H](O[C@@H]2OC(CO)[C@H](O)C(O[C@@H](CC3CCCCC3)C(=O)O)C2NC(C)=O)C1. The van der Waals surface area contributed by atoms with Crippen LogP contribution < -0.4 is 16.0 Å². The number of ether oxygens (including phenoxy) is 5. The molecule has 312 valence electrons. The van der Waals surface area contributed by atoms with E-state index in [4.69, 9.17) is 30.1 Å². The molecule has 55 heavy (non-hydrogen) atoms. The summed E-state index contributed by atoms with van der Waals surface area (Å²) in [5.41, 5.74) is 0. The fourth-order valence-electron chi connectivity index (χ4n) is 8.13. The third-order valence-electron chi connectivity index (χ3n) is 11.2. The van der Waals surface area contributed by atoms with Crippen molar-refractivity contribution in [1.82, 2.24) is 16.0 Å². The number of carboxylic acid groups (broad SMARTS) is 1. The first-order chi connectivity index (χ1) is 26.2. The molecule has 0 aromatic carbocycles. The first-order valence-corrected chi connectivity index (χ1v) is 19.3. The first kappa shape index (κ1) is 44.8. The number of hydrogen-bond acceptors (Lipinski definition) is 14. The summed E-state index contributed by atoms with van der Waals surface area (Å²) in [6.07, 6.45) is -5.66. The minimum atomic E-state index is -1.66. The van der Waals surface area contributed by atoms with Gasteiger partial charge in [-0.05, 0) is 43.9 Å². The Morgan fingerprint density at radius 3 is 2.20 bits per heavy atom. The second-order valence-electron chi connectivity index (χ2n) is 15.1. The van der Waals surface area contributed by atoms with Gasteiger partial charge in [0.2, 0.25) is 11.8 Å². The second kappa shape index (κ2) is 21.0. The molecule has 0 aromatic heterocycles. The van der Waals surface area contributed by atoms with Gasteiger partial charge in [-0.2, -0.15) is 0 Å². The fraction of sp³-hybridized carbons (Fsp3) is 0.838. The smallest absolute Gasteiger partial charge is 0.332 e. The highest BCUT2D eigenvalue weighted by Gasteiger charge is 2.53. The minimum Gasteiger partial charge on any atom is -0.479 e. The van der Waals surface area contributed by atoms with Crippen molar-refractivity contribution in [3.05, 3.63) is 0 Å². The number of aliphatic hydroxyl groups excluding tert-OH is 5. The standard InChI is InChI=1S/C37H59N3O15/c1-5-21-15-22(34(48)39-13-12-38-26(43)6-2)16-23(32(21)55-37-31(47)30(46)28(44)18(3)51-37)53-36-27(40-19(4)42)33(29(45)25(17-41)54-36)52-24(35(49)50)14-20-10-8-7-9-11-20/h2,18,20-25,27-33,36-37,41,44-47H,5,7-17H2,1,3-4H3,(H,38,43)(H,39,48)(H,40,42)(H,49,50)/t18?,21?,22?,23-,24+,25?,27?,28-,29+,30?,31?,32?,33?,36-,37+/m1/s1. The van der Waals surface area contributed by atoms with E-state index in [1.165, 1.54) is 13.8 Å². The molecule has 4 fully saturated rings. The quantitative estimate of drug-likeness (QED) is 0.0622. The molecule has 3 amide bonds. The van der Waals surface area contributed by atoms with E-state index >= 15 is 0 Å². The highest BCUT2D eigenvalue weighted by molar-refractivity contribution is 5.92. The molecule has 0 radical (unpaired) electrons. The molecule has 2 heterocycles. The predicted octanol–water partition coefficient (Wildman–Crippen LogP) is -1.72. The molecule has 2 aliphatic heterocycles. The van der Waals surface area contributed by atoms with Gasteiger partial charge in [-0.25, -0.2) is 4.79 Å². The zero-order chi connectivity index (χ0) is 40.4. The molecule has 2 saturated heterocycles. The zero-order valence-electron chi connectivity index (χ0n) is 31.7. The second-order valence-corrected chi connectivity index (χ2v) is 15.1. The first-order valence-electron chi connectivity index (χ1n) is 19.3. The Morgan fingerprint density at radius 2 is 1.58 bits per heavy atom. The van der Waals surface area contributed by atoms with Gasteiger partial charge in [0, 0.05) is 25.9 Å². The highest BCUT2D eigenvalue weighted by atomic mass is 16.7. The lowest BCUT2D eigenvalue weighted by Gasteiger charge is -2.49. The minimum absolute atomic E-state index is 0.0167. The van der Waals surface area contributed by atoms with Crippen LogP contribution in [0.3, 0.4) is 0 Å². The third kappa shape index (κ3) is 11.8. The van der Waals surface area contributed by atoms with Crippen molar-refractivity contribution < 1.29 is 73.5 Å². The van der Waals surface area contributed by atoms with Crippen LogP contribution >= 0.6 is 0 Å². The topological polar surface area (TPSA) is 272 Å². The lowest BCUT2D eigenvalue weighted by molar-refractivity contribution is -0.338.